The van der Waals surface area contributed by atoms with Crippen LogP contribution in [0.2, 0.25) is 0 Å². The minimum Gasteiger partial charge on any atom is -0.467 e. The van der Waals surface area contributed by atoms with Gasteiger partial charge in [0.2, 0.25) is 5.91 Å². The predicted molar refractivity (Wildman–Crippen MR) is 112 cm³/mol. The molecule has 1 aliphatic heterocycles. The summed E-state index contributed by atoms with van der Waals surface area (Å²) in [6.45, 7) is 4.13. The molecule has 0 radical (unpaired) electrons. The van der Waals surface area contributed by atoms with Crippen molar-refractivity contribution in [3.63, 3.8) is 0 Å². The molecule has 4 aliphatic rings. The van der Waals surface area contributed by atoms with Crippen LogP contribution in [0.15, 0.2) is 48.7 Å². The van der Waals surface area contributed by atoms with Crippen LogP contribution < -0.4 is 15.4 Å². The van der Waals surface area contributed by atoms with Crippen molar-refractivity contribution in [1.29, 1.82) is 0 Å². The molecule has 0 saturated heterocycles. The van der Waals surface area contributed by atoms with Gasteiger partial charge in [-0.05, 0) is 55.9 Å². The van der Waals surface area contributed by atoms with Crippen molar-refractivity contribution in [3.05, 3.63) is 59.9 Å². The summed E-state index contributed by atoms with van der Waals surface area (Å²) >= 11 is 0. The minimum absolute atomic E-state index is 0.0674. The lowest BCUT2D eigenvalue weighted by molar-refractivity contribution is -0.167. The fraction of sp³-hybridized carbons (Fsp3) is 0.458. The van der Waals surface area contributed by atoms with Gasteiger partial charge in [-0.3, -0.25) is 14.6 Å². The molecule has 30 heavy (non-hydrogen) atoms. The Hall–Kier alpha value is -2.89. The molecule has 2 aromatic rings. The zero-order valence-electron chi connectivity index (χ0n) is 17.4. The third-order valence-electron chi connectivity index (χ3n) is 7.31. The first-order chi connectivity index (χ1) is 14.4. The molecule has 2 bridgehead atoms. The second-order valence-electron chi connectivity index (χ2n) is 9.28. The summed E-state index contributed by atoms with van der Waals surface area (Å²) in [6.07, 6.45) is 4.99. The standard InChI is InChI=1S/C24H27N3O3/c1-15(19-8-5-6-12-25-19)26-22(29)18-13-16-10-11-23(18,2)14-24(16)27-21(28)17-7-3-4-9-20(17)30-24/h3-9,12,15-16,18H,10-11,13-14H2,1-2H3,(H,26,29)(H,27,28)/t15-,16+,18-,23-,24+/m0/s1. The zero-order valence-corrected chi connectivity index (χ0v) is 17.4. The average Bonchev–Trinajstić information content (AvgIpc) is 2.74. The predicted octanol–water partition coefficient (Wildman–Crippen LogP) is 3.60. The summed E-state index contributed by atoms with van der Waals surface area (Å²) in [5, 5.41) is 6.33. The molecule has 3 fully saturated rings. The van der Waals surface area contributed by atoms with Gasteiger partial charge in [-0.1, -0.05) is 25.1 Å². The number of rotatable bonds is 3. The van der Waals surface area contributed by atoms with Crippen molar-refractivity contribution >= 4 is 11.8 Å². The molecule has 2 heterocycles. The number of nitrogens with one attached hydrogen (secondary N) is 2. The van der Waals surface area contributed by atoms with Crippen LogP contribution in [0, 0.1) is 17.3 Å². The molecule has 1 aromatic heterocycles. The molecule has 156 valence electrons. The third-order valence-corrected chi connectivity index (χ3v) is 7.31. The Kier molecular flexibility index (Phi) is 4.34. The van der Waals surface area contributed by atoms with Crippen molar-refractivity contribution in [2.75, 3.05) is 0 Å². The quantitative estimate of drug-likeness (QED) is 0.818. The van der Waals surface area contributed by atoms with E-state index >= 15 is 0 Å². The molecule has 1 spiro atoms. The van der Waals surface area contributed by atoms with E-state index in [4.69, 9.17) is 4.74 Å². The third kappa shape index (κ3) is 2.97. The van der Waals surface area contributed by atoms with E-state index in [-0.39, 0.29) is 35.1 Å². The van der Waals surface area contributed by atoms with Gasteiger partial charge in [0.25, 0.3) is 5.91 Å². The Bertz CT molecular complexity index is 994. The number of aromatic nitrogens is 1. The van der Waals surface area contributed by atoms with Crippen LogP contribution >= 0.6 is 0 Å². The number of amides is 2. The number of para-hydroxylation sites is 1. The monoisotopic (exact) mass is 405 g/mol. The van der Waals surface area contributed by atoms with E-state index in [0.717, 1.165) is 18.5 Å². The van der Waals surface area contributed by atoms with Crippen molar-refractivity contribution in [2.45, 2.75) is 51.3 Å². The van der Waals surface area contributed by atoms with Gasteiger partial charge >= 0.3 is 0 Å². The van der Waals surface area contributed by atoms with Gasteiger partial charge in [-0.2, -0.15) is 0 Å². The lowest BCUT2D eigenvalue weighted by atomic mass is 9.52. The first-order valence-corrected chi connectivity index (χ1v) is 10.7. The van der Waals surface area contributed by atoms with E-state index < -0.39 is 5.72 Å². The first kappa shape index (κ1) is 19.1. The number of hydrogen-bond donors (Lipinski definition) is 2. The minimum atomic E-state index is -0.720. The van der Waals surface area contributed by atoms with Crippen LogP contribution in [-0.2, 0) is 4.79 Å². The fourth-order valence-corrected chi connectivity index (χ4v) is 5.68. The van der Waals surface area contributed by atoms with Crippen molar-refractivity contribution in [3.8, 4) is 5.75 Å². The number of fused-ring (bicyclic) bond motifs is 3. The normalized spacial score (nSPS) is 32.7. The summed E-state index contributed by atoms with van der Waals surface area (Å²) in [7, 11) is 0. The van der Waals surface area contributed by atoms with Crippen molar-refractivity contribution in [1.82, 2.24) is 15.6 Å². The molecule has 5 atom stereocenters. The molecule has 6 heteroatoms. The number of carbonyl (C=O) groups is 2. The molecular formula is C24H27N3O3. The summed E-state index contributed by atoms with van der Waals surface area (Å²) in [5.74, 6) is 0.626. The highest BCUT2D eigenvalue weighted by atomic mass is 16.5. The Morgan fingerprint density at radius 1 is 1.27 bits per heavy atom. The number of ether oxygens (including phenoxy) is 1. The SMILES string of the molecule is C[C@H](NC(=O)[C@@H]1C[C@H]2CC[C@@]1(C)C[C@]21NC(=O)c2ccccc2O1)c1ccccn1. The Balaban J connectivity index is 1.37. The molecule has 1 aromatic carbocycles. The van der Waals surface area contributed by atoms with E-state index in [2.05, 4.69) is 22.5 Å². The smallest absolute Gasteiger partial charge is 0.258 e. The summed E-state index contributed by atoms with van der Waals surface area (Å²) in [6, 6.07) is 13.0. The molecule has 6 nitrogen and oxygen atoms in total. The van der Waals surface area contributed by atoms with E-state index in [9.17, 15) is 9.59 Å². The number of hydrogen-bond acceptors (Lipinski definition) is 4. The zero-order chi connectivity index (χ0) is 20.9. The number of carbonyl (C=O) groups excluding carboxylic acids is 2. The molecule has 3 aliphatic carbocycles. The van der Waals surface area contributed by atoms with Gasteiger partial charge < -0.3 is 15.4 Å². The highest BCUT2D eigenvalue weighted by molar-refractivity contribution is 5.98. The second-order valence-corrected chi connectivity index (χ2v) is 9.28. The Morgan fingerprint density at radius 2 is 2.07 bits per heavy atom. The summed E-state index contributed by atoms with van der Waals surface area (Å²) < 4.78 is 6.43. The van der Waals surface area contributed by atoms with E-state index in [0.29, 0.717) is 24.2 Å². The number of pyridine rings is 1. The van der Waals surface area contributed by atoms with Crippen LogP contribution in [-0.4, -0.2) is 22.5 Å². The van der Waals surface area contributed by atoms with Gasteiger partial charge in [0.15, 0.2) is 5.72 Å². The van der Waals surface area contributed by atoms with Crippen LogP contribution in [0.4, 0.5) is 0 Å². The van der Waals surface area contributed by atoms with Gasteiger partial charge in [0, 0.05) is 24.5 Å². The fourth-order valence-electron chi connectivity index (χ4n) is 5.68. The van der Waals surface area contributed by atoms with Crippen LogP contribution in [0.1, 0.15) is 61.6 Å². The number of nitrogens with zero attached hydrogens (tertiary/aromatic N) is 1. The Morgan fingerprint density at radius 3 is 2.83 bits per heavy atom. The first-order valence-electron chi connectivity index (χ1n) is 10.7. The summed E-state index contributed by atoms with van der Waals surface area (Å²) in [4.78, 5) is 30.4. The largest absolute Gasteiger partial charge is 0.467 e. The van der Waals surface area contributed by atoms with E-state index in [1.54, 1.807) is 12.3 Å². The maximum absolute atomic E-state index is 13.2. The van der Waals surface area contributed by atoms with Crippen molar-refractivity contribution in [2.24, 2.45) is 17.3 Å². The highest BCUT2D eigenvalue weighted by Gasteiger charge is 2.61. The van der Waals surface area contributed by atoms with Crippen molar-refractivity contribution < 1.29 is 14.3 Å². The molecule has 2 amide bonds. The number of benzene rings is 1. The van der Waals surface area contributed by atoms with Gasteiger partial charge in [-0.15, -0.1) is 0 Å². The van der Waals surface area contributed by atoms with Gasteiger partial charge in [0.1, 0.15) is 5.75 Å². The average molecular weight is 405 g/mol. The van der Waals surface area contributed by atoms with Crippen LogP contribution in [0.3, 0.4) is 0 Å². The van der Waals surface area contributed by atoms with Gasteiger partial charge in [0.05, 0.1) is 17.3 Å². The second kappa shape index (κ2) is 6.83. The Labute approximate surface area is 176 Å². The summed E-state index contributed by atoms with van der Waals surface area (Å²) in [5.41, 5.74) is 0.477. The maximum Gasteiger partial charge on any atom is 0.258 e. The van der Waals surface area contributed by atoms with Crippen LogP contribution in [0.5, 0.6) is 5.75 Å². The van der Waals surface area contributed by atoms with Gasteiger partial charge in [-0.25, -0.2) is 0 Å². The molecule has 2 N–H and O–H groups in total. The molecule has 0 unspecified atom stereocenters. The molecule has 6 rings (SSSR count). The highest BCUT2D eigenvalue weighted by Crippen LogP contribution is 2.59. The van der Waals surface area contributed by atoms with Crippen LogP contribution in [0.25, 0.3) is 0 Å². The van der Waals surface area contributed by atoms with E-state index in [1.165, 1.54) is 0 Å². The lowest BCUT2D eigenvalue weighted by Gasteiger charge is -2.59. The topological polar surface area (TPSA) is 80.3 Å². The lowest BCUT2D eigenvalue weighted by Crippen LogP contribution is -2.69. The van der Waals surface area contributed by atoms with E-state index in [1.807, 2.05) is 43.3 Å². The molecular weight excluding hydrogens is 378 g/mol. The maximum atomic E-state index is 13.2. The molecule has 3 saturated carbocycles.